The Balaban J connectivity index is 2.85. The molecule has 0 heterocycles. The number of esters is 1. The zero-order valence-electron chi connectivity index (χ0n) is 9.36. The molecule has 0 unspecified atom stereocenters. The third-order valence-electron chi connectivity index (χ3n) is 2.38. The molecule has 0 aliphatic carbocycles. The van der Waals surface area contributed by atoms with Gasteiger partial charge < -0.3 is 9.84 Å². The van der Waals surface area contributed by atoms with Crippen molar-refractivity contribution in [2.45, 2.75) is 25.9 Å². The quantitative estimate of drug-likeness (QED) is 0.625. The molecule has 0 amide bonds. The first-order chi connectivity index (χ1) is 7.50. The lowest BCUT2D eigenvalue weighted by molar-refractivity contribution is 0.0132. The van der Waals surface area contributed by atoms with Crippen LogP contribution >= 0.6 is 0 Å². The average molecular weight is 218 g/mol. The van der Waals surface area contributed by atoms with Crippen molar-refractivity contribution >= 4 is 5.97 Å². The highest BCUT2D eigenvalue weighted by Crippen LogP contribution is 2.18. The first-order valence-corrected chi connectivity index (χ1v) is 5.01. The summed E-state index contributed by atoms with van der Waals surface area (Å²) in [6.45, 7) is 3.52. The summed E-state index contributed by atoms with van der Waals surface area (Å²) in [6.07, 6.45) is 5.83. The molecule has 0 radical (unpaired) electrons. The van der Waals surface area contributed by atoms with E-state index in [1.54, 1.807) is 19.1 Å². The molecule has 0 saturated carbocycles. The zero-order valence-corrected chi connectivity index (χ0v) is 9.36. The number of hydrogen-bond acceptors (Lipinski definition) is 3. The third-order valence-corrected chi connectivity index (χ3v) is 2.38. The standard InChI is InChI=1S/C13H14O3/c1-4-13(3,5-2)16-12(15)10-7-6-8-11(14)9-10/h1,6-9,14H,5H2,2-3H3/t13-/m0/s1. The van der Waals surface area contributed by atoms with E-state index in [1.165, 1.54) is 12.1 Å². The lowest BCUT2D eigenvalue weighted by Gasteiger charge is -2.22. The molecule has 1 atom stereocenters. The minimum atomic E-state index is -0.900. The van der Waals surface area contributed by atoms with Crippen LogP contribution in [-0.2, 0) is 4.74 Å². The topological polar surface area (TPSA) is 46.5 Å². The van der Waals surface area contributed by atoms with Crippen molar-refractivity contribution in [3.8, 4) is 18.1 Å². The second-order valence-electron chi connectivity index (χ2n) is 3.67. The Bertz CT molecular complexity index is 431. The van der Waals surface area contributed by atoms with E-state index in [1.807, 2.05) is 6.92 Å². The van der Waals surface area contributed by atoms with Crippen molar-refractivity contribution in [2.75, 3.05) is 0 Å². The van der Waals surface area contributed by atoms with Gasteiger partial charge >= 0.3 is 5.97 Å². The van der Waals surface area contributed by atoms with Crippen molar-refractivity contribution in [1.82, 2.24) is 0 Å². The van der Waals surface area contributed by atoms with Crippen molar-refractivity contribution in [1.29, 1.82) is 0 Å². The molecule has 0 saturated heterocycles. The van der Waals surface area contributed by atoms with Crippen LogP contribution < -0.4 is 0 Å². The highest BCUT2D eigenvalue weighted by atomic mass is 16.6. The molecule has 0 aliphatic heterocycles. The van der Waals surface area contributed by atoms with Gasteiger partial charge in [0.15, 0.2) is 5.60 Å². The van der Waals surface area contributed by atoms with Crippen molar-refractivity contribution in [2.24, 2.45) is 0 Å². The summed E-state index contributed by atoms with van der Waals surface area (Å²) in [5, 5.41) is 9.23. The molecule has 1 rings (SSSR count). The number of benzene rings is 1. The Kier molecular flexibility index (Phi) is 3.57. The lowest BCUT2D eigenvalue weighted by atomic mass is 10.0. The summed E-state index contributed by atoms with van der Waals surface area (Å²) in [6, 6.07) is 5.96. The first-order valence-electron chi connectivity index (χ1n) is 5.01. The number of ether oxygens (including phenoxy) is 1. The highest BCUT2D eigenvalue weighted by Gasteiger charge is 2.24. The SMILES string of the molecule is C#C[C@@](C)(CC)OC(=O)c1cccc(O)c1. The zero-order chi connectivity index (χ0) is 12.2. The van der Waals surface area contributed by atoms with Gasteiger partial charge in [-0.25, -0.2) is 4.79 Å². The van der Waals surface area contributed by atoms with Crippen molar-refractivity contribution in [3.63, 3.8) is 0 Å². The highest BCUT2D eigenvalue weighted by molar-refractivity contribution is 5.90. The van der Waals surface area contributed by atoms with Crippen molar-refractivity contribution < 1.29 is 14.6 Å². The number of rotatable bonds is 3. The maximum absolute atomic E-state index is 11.7. The van der Waals surface area contributed by atoms with Gasteiger partial charge in [0.05, 0.1) is 5.56 Å². The van der Waals surface area contributed by atoms with E-state index in [4.69, 9.17) is 11.2 Å². The van der Waals surface area contributed by atoms with Gasteiger partial charge in [0, 0.05) is 0 Å². The minimum Gasteiger partial charge on any atom is -0.508 e. The summed E-state index contributed by atoms with van der Waals surface area (Å²) in [7, 11) is 0. The molecule has 0 aromatic heterocycles. The Hall–Kier alpha value is -1.95. The van der Waals surface area contributed by atoms with Gasteiger partial charge in [0.1, 0.15) is 5.75 Å². The number of phenols is 1. The number of aromatic hydroxyl groups is 1. The molecule has 0 aliphatic rings. The van der Waals surface area contributed by atoms with Crippen LogP contribution in [-0.4, -0.2) is 16.7 Å². The molecule has 3 heteroatoms. The predicted molar refractivity (Wildman–Crippen MR) is 61.1 cm³/mol. The summed E-state index contributed by atoms with van der Waals surface area (Å²) in [5.41, 5.74) is -0.613. The molecule has 84 valence electrons. The van der Waals surface area contributed by atoms with E-state index in [0.717, 1.165) is 0 Å². The van der Waals surface area contributed by atoms with E-state index in [9.17, 15) is 9.90 Å². The van der Waals surface area contributed by atoms with Gasteiger partial charge in [-0.2, -0.15) is 0 Å². The third kappa shape index (κ3) is 2.77. The second kappa shape index (κ2) is 4.71. The van der Waals surface area contributed by atoms with E-state index >= 15 is 0 Å². The smallest absolute Gasteiger partial charge is 0.339 e. The number of carbonyl (C=O) groups excluding carboxylic acids is 1. The molecule has 16 heavy (non-hydrogen) atoms. The van der Waals surface area contributed by atoms with Crippen LogP contribution in [0, 0.1) is 12.3 Å². The number of terminal acetylenes is 1. The monoisotopic (exact) mass is 218 g/mol. The number of hydrogen-bond donors (Lipinski definition) is 1. The van der Waals surface area contributed by atoms with E-state index < -0.39 is 11.6 Å². The van der Waals surface area contributed by atoms with Crippen LogP contribution in [0.3, 0.4) is 0 Å². The fourth-order valence-corrected chi connectivity index (χ4v) is 1.10. The van der Waals surface area contributed by atoms with Crippen molar-refractivity contribution in [3.05, 3.63) is 29.8 Å². The lowest BCUT2D eigenvalue weighted by Crippen LogP contribution is -2.29. The molecule has 1 aromatic carbocycles. The van der Waals surface area contributed by atoms with Crippen LogP contribution in [0.25, 0.3) is 0 Å². The summed E-state index contributed by atoms with van der Waals surface area (Å²) >= 11 is 0. The van der Waals surface area contributed by atoms with E-state index in [0.29, 0.717) is 6.42 Å². The largest absolute Gasteiger partial charge is 0.508 e. The molecule has 3 nitrogen and oxygen atoms in total. The fourth-order valence-electron chi connectivity index (χ4n) is 1.10. The summed E-state index contributed by atoms with van der Waals surface area (Å²) in [5.74, 6) is 1.93. The molecule has 0 spiro atoms. The Labute approximate surface area is 95.1 Å². The van der Waals surface area contributed by atoms with Crippen LogP contribution in [0.4, 0.5) is 0 Å². The van der Waals surface area contributed by atoms with Gasteiger partial charge in [-0.1, -0.05) is 18.9 Å². The maximum Gasteiger partial charge on any atom is 0.339 e. The minimum absolute atomic E-state index is 0.0216. The van der Waals surface area contributed by atoms with Crippen LogP contribution in [0.2, 0.25) is 0 Å². The van der Waals surface area contributed by atoms with Crippen LogP contribution in [0.5, 0.6) is 5.75 Å². The normalized spacial score (nSPS) is 13.6. The van der Waals surface area contributed by atoms with E-state index in [2.05, 4.69) is 5.92 Å². The Morgan fingerprint density at radius 1 is 1.62 bits per heavy atom. The van der Waals surface area contributed by atoms with Gasteiger partial charge in [-0.3, -0.25) is 0 Å². The predicted octanol–water partition coefficient (Wildman–Crippen LogP) is 2.35. The van der Waals surface area contributed by atoms with Gasteiger partial charge in [-0.15, -0.1) is 6.42 Å². The van der Waals surface area contributed by atoms with Gasteiger partial charge in [0.2, 0.25) is 0 Å². The molecule has 1 N–H and O–H groups in total. The number of carbonyl (C=O) groups is 1. The Morgan fingerprint density at radius 3 is 2.81 bits per heavy atom. The maximum atomic E-state index is 11.7. The fraction of sp³-hybridized carbons (Fsp3) is 0.308. The molecular weight excluding hydrogens is 204 g/mol. The average Bonchev–Trinajstić information content (AvgIpc) is 2.29. The molecule has 0 bridgehead atoms. The van der Waals surface area contributed by atoms with Crippen LogP contribution in [0.1, 0.15) is 30.6 Å². The van der Waals surface area contributed by atoms with Gasteiger partial charge in [0.25, 0.3) is 0 Å². The van der Waals surface area contributed by atoms with E-state index in [-0.39, 0.29) is 11.3 Å². The van der Waals surface area contributed by atoms with Crippen LogP contribution in [0.15, 0.2) is 24.3 Å². The summed E-state index contributed by atoms with van der Waals surface area (Å²) in [4.78, 5) is 11.7. The number of phenolic OH excluding ortho intramolecular Hbond substituents is 1. The second-order valence-corrected chi connectivity index (χ2v) is 3.67. The molecule has 1 aromatic rings. The molecular formula is C13H14O3. The summed E-state index contributed by atoms with van der Waals surface area (Å²) < 4.78 is 5.19. The first kappa shape index (κ1) is 12.1. The molecule has 0 fully saturated rings. The Morgan fingerprint density at radius 2 is 2.31 bits per heavy atom. The van der Waals surface area contributed by atoms with Gasteiger partial charge in [-0.05, 0) is 31.5 Å².